The molecule has 4 rings (SSSR count). The number of halogens is 2. The number of rotatable bonds is 13. The number of aromatic nitrogens is 2. The van der Waals surface area contributed by atoms with Crippen molar-refractivity contribution in [3.63, 3.8) is 0 Å². The summed E-state index contributed by atoms with van der Waals surface area (Å²) in [5, 5.41) is 5.88. The number of benzene rings is 2. The summed E-state index contributed by atoms with van der Waals surface area (Å²) in [5.74, 6) is -2.63. The van der Waals surface area contributed by atoms with Gasteiger partial charge in [-0.3, -0.25) is 29.1 Å². The summed E-state index contributed by atoms with van der Waals surface area (Å²) >= 11 is 12.1. The van der Waals surface area contributed by atoms with E-state index in [9.17, 15) is 24.0 Å². The minimum absolute atomic E-state index is 0.0121. The fraction of sp³-hybridized carbons (Fsp3) is 0.300. The minimum atomic E-state index is -1.36. The van der Waals surface area contributed by atoms with Crippen LogP contribution in [0.4, 0.5) is 5.69 Å². The van der Waals surface area contributed by atoms with E-state index in [1.54, 1.807) is 65.8 Å². The molecule has 2 heterocycles. The van der Waals surface area contributed by atoms with Crippen LogP contribution >= 0.6 is 23.2 Å². The van der Waals surface area contributed by atoms with Crippen molar-refractivity contribution in [2.75, 3.05) is 11.4 Å². The second-order valence-corrected chi connectivity index (χ2v) is 11.1. The van der Waals surface area contributed by atoms with Gasteiger partial charge in [0.15, 0.2) is 0 Å². The average molecular weight is 641 g/mol. The number of nitrogens with two attached hydrogens (primary N) is 1. The molecule has 4 amide bonds. The first-order valence-corrected chi connectivity index (χ1v) is 14.5. The molecule has 12 nitrogen and oxygen atoms in total. The van der Waals surface area contributed by atoms with E-state index in [1.165, 1.54) is 11.8 Å². The Labute approximate surface area is 263 Å². The largest absolute Gasteiger partial charge is 0.368 e. The second-order valence-electron chi connectivity index (χ2n) is 10.3. The van der Waals surface area contributed by atoms with Crippen molar-refractivity contribution >= 4 is 64.0 Å². The Hall–Kier alpha value is -4.55. The van der Waals surface area contributed by atoms with Crippen LogP contribution in [0.2, 0.25) is 10.0 Å². The van der Waals surface area contributed by atoms with Gasteiger partial charge in [0.25, 0.3) is 5.91 Å². The first kappa shape index (κ1) is 32.4. The number of primary amides is 1. The summed E-state index contributed by atoms with van der Waals surface area (Å²) in [6, 6.07) is 10.6. The van der Waals surface area contributed by atoms with Crippen LogP contribution in [0.25, 0.3) is 0 Å². The molecule has 0 spiro atoms. The van der Waals surface area contributed by atoms with Crippen molar-refractivity contribution in [2.45, 2.75) is 51.4 Å². The van der Waals surface area contributed by atoms with Crippen LogP contribution in [0, 0.1) is 0 Å². The monoisotopic (exact) mass is 639 g/mol. The zero-order chi connectivity index (χ0) is 31.8. The lowest BCUT2D eigenvalue weighted by Crippen LogP contribution is -2.53. The number of imidazole rings is 1. The number of nitrogens with one attached hydrogen (secondary N) is 2. The van der Waals surface area contributed by atoms with Crippen molar-refractivity contribution < 1.29 is 24.0 Å². The fourth-order valence-corrected chi connectivity index (χ4v) is 4.99. The van der Waals surface area contributed by atoms with Gasteiger partial charge in [0.2, 0.25) is 23.9 Å². The zero-order valence-electron chi connectivity index (χ0n) is 23.8. The molecule has 1 aromatic heterocycles. The third kappa shape index (κ3) is 8.51. The molecule has 44 heavy (non-hydrogen) atoms. The number of hydrogen-bond donors (Lipinski definition) is 3. The summed E-state index contributed by atoms with van der Waals surface area (Å²) in [6.45, 7) is 1.17. The van der Waals surface area contributed by atoms with Crippen LogP contribution in [0.15, 0.2) is 66.2 Å². The van der Waals surface area contributed by atoms with E-state index < -0.39 is 42.4 Å². The van der Waals surface area contributed by atoms with E-state index in [0.29, 0.717) is 34.0 Å². The molecule has 0 saturated heterocycles. The number of carbonyl (C=O) groups excluding carboxylic acids is 5. The van der Waals surface area contributed by atoms with Gasteiger partial charge >= 0.3 is 0 Å². The molecule has 3 aromatic rings. The third-order valence-corrected chi connectivity index (χ3v) is 7.56. The Kier molecular flexibility index (Phi) is 10.9. The Morgan fingerprint density at radius 3 is 2.50 bits per heavy atom. The highest BCUT2D eigenvalue weighted by Gasteiger charge is 2.34. The van der Waals surface area contributed by atoms with Crippen molar-refractivity contribution in [1.29, 1.82) is 0 Å². The summed E-state index contributed by atoms with van der Waals surface area (Å²) in [7, 11) is 0. The maximum Gasteiger partial charge on any atom is 0.272 e. The van der Waals surface area contributed by atoms with Crippen LogP contribution in [0.1, 0.15) is 37.3 Å². The van der Waals surface area contributed by atoms with Gasteiger partial charge in [0, 0.05) is 37.2 Å². The fourth-order valence-electron chi connectivity index (χ4n) is 4.67. The lowest BCUT2D eigenvalue weighted by molar-refractivity contribution is -0.129. The summed E-state index contributed by atoms with van der Waals surface area (Å²) in [6.07, 6.45) is 4.16. The molecule has 230 valence electrons. The van der Waals surface area contributed by atoms with Crippen molar-refractivity contribution in [3.05, 3.63) is 82.4 Å². The maximum atomic E-state index is 13.9. The van der Waals surface area contributed by atoms with Crippen LogP contribution < -0.4 is 21.3 Å². The molecule has 0 saturated carbocycles. The summed E-state index contributed by atoms with van der Waals surface area (Å²) in [4.78, 5) is 73.6. The SMILES string of the molecule is CC(=O)CCCC(=O)NC1N=C(Cn2ccnc2)c2ccccc2N(CC(=O)N[C@@H](Cc2ccc(Cl)c(Cl)c2)C(N)=O)C1=O. The van der Waals surface area contributed by atoms with Crippen LogP contribution in [-0.2, 0) is 36.9 Å². The molecule has 1 unspecified atom stereocenters. The minimum Gasteiger partial charge on any atom is -0.368 e. The molecule has 1 aliphatic rings. The number of nitrogens with zero attached hydrogens (tertiary/aromatic N) is 4. The van der Waals surface area contributed by atoms with Gasteiger partial charge in [0.1, 0.15) is 18.4 Å². The highest BCUT2D eigenvalue weighted by molar-refractivity contribution is 6.42. The highest BCUT2D eigenvalue weighted by Crippen LogP contribution is 2.27. The number of amides is 4. The third-order valence-electron chi connectivity index (χ3n) is 6.82. The Balaban J connectivity index is 1.60. The first-order valence-electron chi connectivity index (χ1n) is 13.8. The van der Waals surface area contributed by atoms with Crippen LogP contribution in [0.5, 0.6) is 0 Å². The van der Waals surface area contributed by atoms with Crippen LogP contribution in [-0.4, -0.2) is 63.4 Å². The topological polar surface area (TPSA) is 169 Å². The molecule has 0 bridgehead atoms. The molecule has 4 N–H and O–H groups in total. The molecule has 0 aliphatic carbocycles. The number of Topliss-reactive ketones (excluding diaryl/α,β-unsaturated/α-hetero) is 1. The van der Waals surface area contributed by atoms with E-state index >= 15 is 0 Å². The molecule has 2 aromatic carbocycles. The van der Waals surface area contributed by atoms with E-state index in [4.69, 9.17) is 28.9 Å². The van der Waals surface area contributed by atoms with Crippen molar-refractivity contribution in [2.24, 2.45) is 10.7 Å². The molecule has 14 heteroatoms. The maximum absolute atomic E-state index is 13.9. The standard InChI is InChI=1S/C30H31Cl2N7O5/c1-18(40)5-4-8-26(41)37-29-30(44)39(25-7-3-2-6-20(25)24(36-29)15-38-12-11-34-17-38)16-27(42)35-23(28(33)43)14-19-9-10-21(31)22(32)13-19/h2-3,6-7,9-13,17,23,29H,4-5,8,14-16H2,1H3,(H2,33,43)(H,35,42)(H,37,41)/t23-,29?/m0/s1. The molecule has 2 atom stereocenters. The smallest absolute Gasteiger partial charge is 0.272 e. The van der Waals surface area contributed by atoms with E-state index in [2.05, 4.69) is 20.6 Å². The molecule has 0 fully saturated rings. The number of carbonyl (C=O) groups is 5. The number of para-hydroxylation sites is 1. The number of benzodiazepines with no additional fused rings is 1. The van der Waals surface area contributed by atoms with Gasteiger partial charge in [-0.05, 0) is 37.1 Å². The molecular formula is C30H31Cl2N7O5. The van der Waals surface area contributed by atoms with Crippen molar-refractivity contribution in [3.8, 4) is 0 Å². The van der Waals surface area contributed by atoms with Crippen molar-refractivity contribution in [1.82, 2.24) is 20.2 Å². The number of aliphatic imine (C=N–C) groups is 1. The molecule has 1 aliphatic heterocycles. The summed E-state index contributed by atoms with van der Waals surface area (Å²) in [5.41, 5.74) is 7.64. The van der Waals surface area contributed by atoms with Gasteiger partial charge < -0.3 is 25.7 Å². The lowest BCUT2D eigenvalue weighted by Gasteiger charge is -2.26. The normalized spacial score (nSPS) is 15.1. The van der Waals surface area contributed by atoms with Gasteiger partial charge in [-0.2, -0.15) is 0 Å². The summed E-state index contributed by atoms with van der Waals surface area (Å²) < 4.78 is 1.76. The number of hydrogen-bond acceptors (Lipinski definition) is 7. The Bertz CT molecular complexity index is 1590. The first-order chi connectivity index (χ1) is 21.0. The predicted octanol–water partition coefficient (Wildman–Crippen LogP) is 2.44. The predicted molar refractivity (Wildman–Crippen MR) is 165 cm³/mol. The number of fused-ring (bicyclic) bond motifs is 1. The van der Waals surface area contributed by atoms with Gasteiger partial charge in [0.05, 0.1) is 34.3 Å². The van der Waals surface area contributed by atoms with Gasteiger partial charge in [-0.25, -0.2) is 4.98 Å². The Morgan fingerprint density at radius 1 is 1.05 bits per heavy atom. The zero-order valence-corrected chi connectivity index (χ0v) is 25.3. The van der Waals surface area contributed by atoms with Gasteiger partial charge in [-0.1, -0.05) is 47.5 Å². The number of ketones is 1. The van der Waals surface area contributed by atoms with E-state index in [1.807, 2.05) is 0 Å². The quantitative estimate of drug-likeness (QED) is 0.259. The molecule has 0 radical (unpaired) electrons. The van der Waals surface area contributed by atoms with E-state index in [-0.39, 0.29) is 36.6 Å². The van der Waals surface area contributed by atoms with Crippen LogP contribution in [0.3, 0.4) is 0 Å². The second kappa shape index (κ2) is 14.8. The van der Waals surface area contributed by atoms with Gasteiger partial charge in [-0.15, -0.1) is 0 Å². The number of anilines is 1. The average Bonchev–Trinajstić information content (AvgIpc) is 3.46. The lowest BCUT2D eigenvalue weighted by atomic mass is 10.1. The highest BCUT2D eigenvalue weighted by atomic mass is 35.5. The Morgan fingerprint density at radius 2 is 1.82 bits per heavy atom. The van der Waals surface area contributed by atoms with E-state index in [0.717, 1.165) is 0 Å². The molecular weight excluding hydrogens is 609 g/mol.